The first-order valence-electron chi connectivity index (χ1n) is 10.0. The smallest absolute Gasteiger partial charge is 0.420 e. The number of unbranched alkanes of at least 4 members (excludes halogenated alkanes) is 1. The van der Waals surface area contributed by atoms with Crippen molar-refractivity contribution < 1.29 is 17.9 Å². The lowest BCUT2D eigenvalue weighted by Gasteiger charge is -2.26. The maximum Gasteiger partial charge on any atom is 0.420 e. The average Bonchev–Trinajstić information content (AvgIpc) is 3.06. The van der Waals surface area contributed by atoms with E-state index in [0.717, 1.165) is 50.3 Å². The van der Waals surface area contributed by atoms with Gasteiger partial charge in [-0.2, -0.15) is 18.3 Å². The third-order valence-electron chi connectivity index (χ3n) is 5.38. The third-order valence-corrected chi connectivity index (χ3v) is 5.66. The zero-order chi connectivity index (χ0) is 21.0. The molecule has 1 aromatic carbocycles. The molecule has 1 fully saturated rings. The van der Waals surface area contributed by atoms with Crippen molar-refractivity contribution in [2.45, 2.75) is 51.7 Å². The van der Waals surface area contributed by atoms with Gasteiger partial charge >= 0.3 is 6.18 Å². The molecule has 1 saturated carbocycles. The quantitative estimate of drug-likeness (QED) is 0.519. The molecule has 2 aromatic rings. The molecule has 0 spiro atoms. The first-order chi connectivity index (χ1) is 13.8. The standard InChI is InChI=1S/C21H27ClF3N3O/c1-3-4-8-28(2)12-16-11-26-27-19(16)15-9-17(21(23,24)25)20(18(22)10-15)29-13-14-6-5-7-14/h9-11,14H,3-8,12-13H2,1-2H3,(H,26,27). The van der Waals surface area contributed by atoms with Crippen LogP contribution in [0.2, 0.25) is 5.02 Å². The van der Waals surface area contributed by atoms with Crippen molar-refractivity contribution in [3.63, 3.8) is 0 Å². The van der Waals surface area contributed by atoms with Crippen molar-refractivity contribution in [1.29, 1.82) is 0 Å². The predicted molar refractivity (Wildman–Crippen MR) is 108 cm³/mol. The van der Waals surface area contributed by atoms with Crippen molar-refractivity contribution in [3.8, 4) is 17.0 Å². The van der Waals surface area contributed by atoms with Gasteiger partial charge in [0.2, 0.25) is 0 Å². The normalized spacial score (nSPS) is 15.0. The molecule has 4 nitrogen and oxygen atoms in total. The number of nitrogens with one attached hydrogen (secondary N) is 1. The monoisotopic (exact) mass is 429 g/mol. The number of benzene rings is 1. The van der Waals surface area contributed by atoms with Gasteiger partial charge in [0, 0.05) is 17.7 Å². The van der Waals surface area contributed by atoms with Crippen LogP contribution in [0.4, 0.5) is 13.2 Å². The Kier molecular flexibility index (Phi) is 7.11. The van der Waals surface area contributed by atoms with Crippen LogP contribution < -0.4 is 4.74 Å². The largest absolute Gasteiger partial charge is 0.491 e. The maximum absolute atomic E-state index is 13.7. The number of hydrogen-bond acceptors (Lipinski definition) is 3. The van der Waals surface area contributed by atoms with Crippen molar-refractivity contribution in [3.05, 3.63) is 34.5 Å². The first-order valence-corrected chi connectivity index (χ1v) is 10.4. The van der Waals surface area contributed by atoms with E-state index in [1.165, 1.54) is 6.07 Å². The summed E-state index contributed by atoms with van der Waals surface area (Å²) in [5.74, 6) is 0.0284. The van der Waals surface area contributed by atoms with Crippen LogP contribution in [0.5, 0.6) is 5.75 Å². The van der Waals surface area contributed by atoms with E-state index >= 15 is 0 Å². The lowest BCUT2D eigenvalue weighted by molar-refractivity contribution is -0.139. The first kappa shape index (κ1) is 22.0. The molecule has 1 aliphatic carbocycles. The second kappa shape index (κ2) is 9.39. The fourth-order valence-corrected chi connectivity index (χ4v) is 3.71. The van der Waals surface area contributed by atoms with Crippen molar-refractivity contribution in [2.24, 2.45) is 5.92 Å². The van der Waals surface area contributed by atoms with Crippen LogP contribution in [0.1, 0.15) is 50.2 Å². The summed E-state index contributed by atoms with van der Waals surface area (Å²) in [4.78, 5) is 2.13. The molecule has 8 heteroatoms. The Morgan fingerprint density at radius 3 is 2.69 bits per heavy atom. The summed E-state index contributed by atoms with van der Waals surface area (Å²) < 4.78 is 46.8. The van der Waals surface area contributed by atoms with E-state index in [-0.39, 0.29) is 17.4 Å². The summed E-state index contributed by atoms with van der Waals surface area (Å²) in [5.41, 5.74) is 0.885. The summed E-state index contributed by atoms with van der Waals surface area (Å²) in [5, 5.41) is 6.85. The molecule has 1 aromatic heterocycles. The number of rotatable bonds is 9. The number of hydrogen-bond donors (Lipinski definition) is 1. The maximum atomic E-state index is 13.7. The van der Waals surface area contributed by atoms with Crippen molar-refractivity contribution in [2.75, 3.05) is 20.2 Å². The molecule has 1 aliphatic rings. The van der Waals surface area contributed by atoms with Crippen LogP contribution in [0.15, 0.2) is 18.3 Å². The van der Waals surface area contributed by atoms with Gasteiger partial charge in [0.25, 0.3) is 0 Å². The van der Waals surface area contributed by atoms with E-state index in [4.69, 9.17) is 16.3 Å². The van der Waals surface area contributed by atoms with Gasteiger partial charge < -0.3 is 9.64 Å². The molecule has 3 rings (SSSR count). The molecule has 1 heterocycles. The fraction of sp³-hybridized carbons (Fsp3) is 0.571. The molecular formula is C21H27ClF3N3O. The highest BCUT2D eigenvalue weighted by atomic mass is 35.5. The van der Waals surface area contributed by atoms with Gasteiger partial charge in [-0.05, 0) is 50.9 Å². The van der Waals surface area contributed by atoms with Gasteiger partial charge in [-0.1, -0.05) is 31.4 Å². The number of aromatic amines is 1. The van der Waals surface area contributed by atoms with Gasteiger partial charge in [0.05, 0.1) is 29.1 Å². The van der Waals surface area contributed by atoms with Gasteiger partial charge in [0.15, 0.2) is 0 Å². The molecule has 0 unspecified atom stereocenters. The Hall–Kier alpha value is -1.73. The summed E-state index contributed by atoms with van der Waals surface area (Å²) in [6.45, 7) is 3.88. The Morgan fingerprint density at radius 2 is 2.07 bits per heavy atom. The highest BCUT2D eigenvalue weighted by molar-refractivity contribution is 6.32. The molecule has 29 heavy (non-hydrogen) atoms. The van der Waals surface area contributed by atoms with Gasteiger partial charge in [-0.15, -0.1) is 0 Å². The molecule has 0 atom stereocenters. The number of aromatic nitrogens is 2. The molecule has 0 saturated heterocycles. The third kappa shape index (κ3) is 5.45. The Balaban J connectivity index is 1.88. The van der Waals surface area contributed by atoms with E-state index < -0.39 is 11.7 Å². The number of H-pyrrole nitrogens is 1. The minimum atomic E-state index is -4.56. The van der Waals surface area contributed by atoms with Gasteiger partial charge in [-0.25, -0.2) is 0 Å². The highest BCUT2D eigenvalue weighted by Crippen LogP contribution is 2.44. The average molecular weight is 430 g/mol. The van der Waals surface area contributed by atoms with Gasteiger partial charge in [-0.3, -0.25) is 5.10 Å². The second-order valence-electron chi connectivity index (χ2n) is 7.80. The predicted octanol–water partition coefficient (Wildman–Crippen LogP) is 6.16. The summed E-state index contributed by atoms with van der Waals surface area (Å²) in [7, 11) is 1.98. The van der Waals surface area contributed by atoms with Crippen LogP contribution in [0.3, 0.4) is 0 Å². The van der Waals surface area contributed by atoms with Crippen LogP contribution in [-0.4, -0.2) is 35.3 Å². The van der Waals surface area contributed by atoms with Crippen LogP contribution in [0.25, 0.3) is 11.3 Å². The second-order valence-corrected chi connectivity index (χ2v) is 8.21. The molecule has 0 amide bonds. The zero-order valence-corrected chi connectivity index (χ0v) is 17.5. The van der Waals surface area contributed by atoms with Crippen molar-refractivity contribution in [1.82, 2.24) is 15.1 Å². The topological polar surface area (TPSA) is 41.2 Å². The lowest BCUT2D eigenvalue weighted by Crippen LogP contribution is -2.21. The summed E-state index contributed by atoms with van der Waals surface area (Å²) in [6.07, 6.45) is 2.30. The SMILES string of the molecule is CCCCN(C)Cc1cn[nH]c1-c1cc(Cl)c(OCC2CCC2)c(C(F)(F)F)c1. The van der Waals surface area contributed by atoms with Crippen LogP contribution in [-0.2, 0) is 12.7 Å². The van der Waals surface area contributed by atoms with Crippen LogP contribution >= 0.6 is 11.6 Å². The molecule has 160 valence electrons. The Morgan fingerprint density at radius 1 is 1.31 bits per heavy atom. The molecule has 0 radical (unpaired) electrons. The minimum Gasteiger partial charge on any atom is -0.491 e. The van der Waals surface area contributed by atoms with Crippen molar-refractivity contribution >= 4 is 11.6 Å². The lowest BCUT2D eigenvalue weighted by atomic mass is 9.86. The highest BCUT2D eigenvalue weighted by Gasteiger charge is 2.37. The minimum absolute atomic E-state index is 0.0333. The number of halogens is 4. The fourth-order valence-electron chi connectivity index (χ4n) is 3.43. The van der Waals surface area contributed by atoms with Gasteiger partial charge in [0.1, 0.15) is 5.75 Å². The Labute approximate surface area is 174 Å². The van der Waals surface area contributed by atoms with E-state index in [1.807, 2.05) is 7.05 Å². The number of nitrogens with zero attached hydrogens (tertiary/aromatic N) is 2. The van der Waals surface area contributed by atoms with E-state index in [9.17, 15) is 13.2 Å². The zero-order valence-electron chi connectivity index (χ0n) is 16.8. The number of ether oxygens (including phenoxy) is 1. The Bertz CT molecular complexity index is 818. The summed E-state index contributed by atoms with van der Waals surface area (Å²) in [6, 6.07) is 2.63. The van der Waals surface area contributed by atoms with E-state index in [0.29, 0.717) is 23.7 Å². The number of alkyl halides is 3. The summed E-state index contributed by atoms with van der Waals surface area (Å²) >= 11 is 6.26. The molecule has 0 bridgehead atoms. The molecule has 0 aliphatic heterocycles. The molecule has 1 N–H and O–H groups in total. The van der Waals surface area contributed by atoms with E-state index in [2.05, 4.69) is 22.0 Å². The van der Waals surface area contributed by atoms with E-state index in [1.54, 1.807) is 6.20 Å². The molecular weight excluding hydrogens is 403 g/mol. The van der Waals surface area contributed by atoms with Crippen LogP contribution in [0, 0.1) is 5.92 Å².